The summed E-state index contributed by atoms with van der Waals surface area (Å²) >= 11 is 0. The van der Waals surface area contributed by atoms with E-state index in [4.69, 9.17) is 0 Å². The van der Waals surface area contributed by atoms with Gasteiger partial charge < -0.3 is 10.2 Å². The molecular weight excluding hydrogens is 168 g/mol. The smallest absolute Gasteiger partial charge is 0.165 e. The third-order valence-electron chi connectivity index (χ3n) is 2.11. The summed E-state index contributed by atoms with van der Waals surface area (Å²) in [6.07, 6.45) is 0. The van der Waals surface area contributed by atoms with Crippen molar-refractivity contribution < 1.29 is 15.0 Å². The van der Waals surface area contributed by atoms with Crippen molar-refractivity contribution >= 4 is 5.78 Å². The summed E-state index contributed by atoms with van der Waals surface area (Å²) in [4.78, 5) is 11.1. The lowest BCUT2D eigenvalue weighted by molar-refractivity contribution is -0.134. The number of hydrogen-bond acceptors (Lipinski definition) is 3. The number of benzene rings is 1. The van der Waals surface area contributed by atoms with E-state index in [1.165, 1.54) is 26.0 Å². The largest absolute Gasteiger partial charge is 0.508 e. The number of rotatable bonds is 2. The van der Waals surface area contributed by atoms with Gasteiger partial charge in [-0.15, -0.1) is 0 Å². The molecule has 1 rings (SSSR count). The highest BCUT2D eigenvalue weighted by Gasteiger charge is 2.30. The minimum atomic E-state index is -1.61. The molecule has 70 valence electrons. The van der Waals surface area contributed by atoms with Crippen LogP contribution < -0.4 is 0 Å². The van der Waals surface area contributed by atoms with E-state index in [1.54, 1.807) is 12.1 Å². The van der Waals surface area contributed by atoms with E-state index in [0.717, 1.165) is 0 Å². The van der Waals surface area contributed by atoms with E-state index in [0.29, 0.717) is 0 Å². The summed E-state index contributed by atoms with van der Waals surface area (Å²) in [6, 6.07) is 6.25. The lowest BCUT2D eigenvalue weighted by Gasteiger charge is -2.20. The van der Waals surface area contributed by atoms with Gasteiger partial charge in [0.1, 0.15) is 11.4 Å². The van der Waals surface area contributed by atoms with Crippen LogP contribution in [0.25, 0.3) is 0 Å². The van der Waals surface area contributed by atoms with Crippen LogP contribution in [0.4, 0.5) is 0 Å². The number of hydrogen-bond donors (Lipinski definition) is 2. The molecule has 3 heteroatoms. The Kier molecular flexibility index (Phi) is 2.38. The van der Waals surface area contributed by atoms with Crippen molar-refractivity contribution in [1.29, 1.82) is 0 Å². The average Bonchev–Trinajstić information content (AvgIpc) is 2.04. The molecule has 2 N–H and O–H groups in total. The molecule has 0 aromatic heterocycles. The van der Waals surface area contributed by atoms with Crippen molar-refractivity contribution in [2.24, 2.45) is 0 Å². The van der Waals surface area contributed by atoms with E-state index in [9.17, 15) is 15.0 Å². The van der Waals surface area contributed by atoms with Gasteiger partial charge in [0, 0.05) is 5.56 Å². The van der Waals surface area contributed by atoms with Crippen molar-refractivity contribution in [3.8, 4) is 5.75 Å². The van der Waals surface area contributed by atoms with Crippen molar-refractivity contribution in [2.75, 3.05) is 0 Å². The SMILES string of the molecule is CC(=O)C(C)(O)c1ccccc1O. The number of phenols is 1. The Balaban J connectivity index is 3.22. The number of carbonyl (C=O) groups excluding carboxylic acids is 1. The number of aromatic hydroxyl groups is 1. The summed E-state index contributed by atoms with van der Waals surface area (Å²) in [5.74, 6) is -0.461. The van der Waals surface area contributed by atoms with Crippen LogP contribution in [0.15, 0.2) is 24.3 Å². The fourth-order valence-corrected chi connectivity index (χ4v) is 1.07. The van der Waals surface area contributed by atoms with Crippen LogP contribution in [0.2, 0.25) is 0 Å². The number of Topliss-reactive ketones (excluding diaryl/α,β-unsaturated/α-hetero) is 1. The van der Waals surface area contributed by atoms with Gasteiger partial charge >= 0.3 is 0 Å². The lowest BCUT2D eigenvalue weighted by Crippen LogP contribution is -2.29. The first-order valence-electron chi connectivity index (χ1n) is 3.98. The number of carbonyl (C=O) groups is 1. The molecule has 1 aromatic carbocycles. The average molecular weight is 180 g/mol. The molecule has 0 aliphatic heterocycles. The van der Waals surface area contributed by atoms with Crippen LogP contribution in [-0.2, 0) is 10.4 Å². The van der Waals surface area contributed by atoms with Gasteiger partial charge in [-0.3, -0.25) is 4.79 Å². The van der Waals surface area contributed by atoms with E-state index >= 15 is 0 Å². The van der Waals surface area contributed by atoms with Gasteiger partial charge in [0.15, 0.2) is 5.78 Å². The zero-order valence-electron chi connectivity index (χ0n) is 7.61. The Morgan fingerprint density at radius 2 is 1.92 bits per heavy atom. The zero-order chi connectivity index (χ0) is 10.1. The molecule has 1 aromatic rings. The molecular formula is C10H12O3. The number of aliphatic hydroxyl groups is 1. The first-order valence-corrected chi connectivity index (χ1v) is 3.98. The summed E-state index contributed by atoms with van der Waals surface area (Å²) in [7, 11) is 0. The summed E-state index contributed by atoms with van der Waals surface area (Å²) in [6.45, 7) is 2.65. The van der Waals surface area contributed by atoms with Gasteiger partial charge in [0.2, 0.25) is 0 Å². The van der Waals surface area contributed by atoms with E-state index < -0.39 is 11.4 Å². The lowest BCUT2D eigenvalue weighted by atomic mass is 9.91. The molecule has 0 fully saturated rings. The molecule has 0 heterocycles. The minimum Gasteiger partial charge on any atom is -0.508 e. The fraction of sp³-hybridized carbons (Fsp3) is 0.300. The minimum absolute atomic E-state index is 0.0669. The Hall–Kier alpha value is -1.35. The Morgan fingerprint density at radius 1 is 1.38 bits per heavy atom. The van der Waals surface area contributed by atoms with Crippen molar-refractivity contribution in [2.45, 2.75) is 19.4 Å². The third-order valence-corrected chi connectivity index (χ3v) is 2.11. The summed E-state index contributed by atoms with van der Waals surface area (Å²) < 4.78 is 0. The maximum Gasteiger partial charge on any atom is 0.165 e. The van der Waals surface area contributed by atoms with E-state index in [2.05, 4.69) is 0 Å². The fourth-order valence-electron chi connectivity index (χ4n) is 1.07. The predicted molar refractivity (Wildman–Crippen MR) is 48.4 cm³/mol. The molecule has 3 nitrogen and oxygen atoms in total. The van der Waals surface area contributed by atoms with Crippen LogP contribution >= 0.6 is 0 Å². The molecule has 1 unspecified atom stereocenters. The third kappa shape index (κ3) is 1.70. The molecule has 0 aliphatic rings. The molecule has 0 radical (unpaired) electrons. The molecule has 13 heavy (non-hydrogen) atoms. The topological polar surface area (TPSA) is 57.5 Å². The second-order valence-electron chi connectivity index (χ2n) is 3.15. The highest BCUT2D eigenvalue weighted by atomic mass is 16.3. The second-order valence-corrected chi connectivity index (χ2v) is 3.15. The maximum atomic E-state index is 11.1. The standard InChI is InChI=1S/C10H12O3/c1-7(11)10(2,13)8-5-3-4-6-9(8)12/h3-6,12-13H,1-2H3. The Morgan fingerprint density at radius 3 is 2.38 bits per heavy atom. The van der Waals surface area contributed by atoms with Crippen molar-refractivity contribution in [3.63, 3.8) is 0 Å². The van der Waals surface area contributed by atoms with Gasteiger partial charge in [0.25, 0.3) is 0 Å². The molecule has 0 amide bonds. The van der Waals surface area contributed by atoms with Gasteiger partial charge in [-0.2, -0.15) is 0 Å². The molecule has 0 saturated carbocycles. The highest BCUT2D eigenvalue weighted by Crippen LogP contribution is 2.29. The molecule has 0 bridgehead atoms. The maximum absolute atomic E-state index is 11.1. The van der Waals surface area contributed by atoms with Crippen LogP contribution in [0.5, 0.6) is 5.75 Å². The molecule has 0 saturated heterocycles. The van der Waals surface area contributed by atoms with Gasteiger partial charge in [-0.25, -0.2) is 0 Å². The van der Waals surface area contributed by atoms with Gasteiger partial charge in [-0.1, -0.05) is 18.2 Å². The summed E-state index contributed by atoms with van der Waals surface area (Å²) in [5, 5.41) is 19.1. The zero-order valence-corrected chi connectivity index (χ0v) is 7.61. The van der Waals surface area contributed by atoms with Gasteiger partial charge in [-0.05, 0) is 19.9 Å². The predicted octanol–water partition coefficient (Wildman–Crippen LogP) is 1.19. The van der Waals surface area contributed by atoms with Crippen LogP contribution in [-0.4, -0.2) is 16.0 Å². The summed E-state index contributed by atoms with van der Waals surface area (Å²) in [5.41, 5.74) is -1.37. The van der Waals surface area contributed by atoms with Crippen LogP contribution in [0.1, 0.15) is 19.4 Å². The first kappa shape index (κ1) is 9.74. The van der Waals surface area contributed by atoms with Crippen molar-refractivity contribution in [1.82, 2.24) is 0 Å². The molecule has 0 spiro atoms. The van der Waals surface area contributed by atoms with Gasteiger partial charge in [0.05, 0.1) is 0 Å². The van der Waals surface area contributed by atoms with Crippen LogP contribution in [0.3, 0.4) is 0 Å². The number of phenolic OH excluding ortho intramolecular Hbond substituents is 1. The monoisotopic (exact) mass is 180 g/mol. The Bertz CT molecular complexity index is 329. The molecule has 1 atom stereocenters. The first-order chi connectivity index (χ1) is 5.96. The number of para-hydroxylation sites is 1. The van der Waals surface area contributed by atoms with Crippen LogP contribution in [0, 0.1) is 0 Å². The quantitative estimate of drug-likeness (QED) is 0.718. The van der Waals surface area contributed by atoms with E-state index in [-0.39, 0.29) is 11.3 Å². The highest BCUT2D eigenvalue weighted by molar-refractivity contribution is 5.86. The normalized spacial score (nSPS) is 15.0. The van der Waals surface area contributed by atoms with E-state index in [1.807, 2.05) is 0 Å². The molecule has 0 aliphatic carbocycles. The van der Waals surface area contributed by atoms with Crippen molar-refractivity contribution in [3.05, 3.63) is 29.8 Å². The number of ketones is 1. The second kappa shape index (κ2) is 3.18. The Labute approximate surface area is 76.6 Å².